The molecule has 0 saturated carbocycles. The van der Waals surface area contributed by atoms with Crippen molar-refractivity contribution in [1.29, 1.82) is 0 Å². The number of ether oxygens (including phenoxy) is 3. The highest BCUT2D eigenvalue weighted by Gasteiger charge is 2.19. The quantitative estimate of drug-likeness (QED) is 0.351. The van der Waals surface area contributed by atoms with Gasteiger partial charge in [0.15, 0.2) is 11.5 Å². The van der Waals surface area contributed by atoms with Gasteiger partial charge in [0, 0.05) is 20.8 Å². The maximum absolute atomic E-state index is 11.2. The normalized spacial score (nSPS) is 10.3. The van der Waals surface area contributed by atoms with Crippen LogP contribution in [0.4, 0.5) is 0 Å². The molecule has 122 valence electrons. The standard InChI is InChI=1S/C15H13ClO7/c1-8(17)21-12-6-11(4-5-14(16)20)7-13(22-9(2)18)15(12)23-10(3)19/h4-7H,1-3H3/b5-4+. The topological polar surface area (TPSA) is 96.0 Å². The summed E-state index contributed by atoms with van der Waals surface area (Å²) in [6.45, 7) is 3.43. The molecule has 0 saturated heterocycles. The van der Waals surface area contributed by atoms with E-state index in [0.717, 1.165) is 26.8 Å². The molecule has 0 unspecified atom stereocenters. The highest BCUT2D eigenvalue weighted by molar-refractivity contribution is 6.66. The Morgan fingerprint density at radius 3 is 1.65 bits per heavy atom. The summed E-state index contributed by atoms with van der Waals surface area (Å²) < 4.78 is 14.9. The van der Waals surface area contributed by atoms with Crippen molar-refractivity contribution in [3.63, 3.8) is 0 Å². The third kappa shape index (κ3) is 6.31. The molecule has 0 N–H and O–H groups in total. The molecule has 0 bridgehead atoms. The molecule has 8 heteroatoms. The number of rotatable bonds is 5. The van der Waals surface area contributed by atoms with Crippen molar-refractivity contribution >= 4 is 40.8 Å². The van der Waals surface area contributed by atoms with E-state index in [-0.39, 0.29) is 17.2 Å². The van der Waals surface area contributed by atoms with Gasteiger partial charge in [-0.25, -0.2) is 0 Å². The zero-order chi connectivity index (χ0) is 17.6. The first-order valence-corrected chi connectivity index (χ1v) is 6.67. The summed E-state index contributed by atoms with van der Waals surface area (Å²) in [5, 5.41) is -0.725. The van der Waals surface area contributed by atoms with Gasteiger partial charge < -0.3 is 14.2 Å². The maximum atomic E-state index is 11.2. The fourth-order valence-corrected chi connectivity index (χ4v) is 1.62. The molecule has 0 fully saturated rings. The number of benzene rings is 1. The highest BCUT2D eigenvalue weighted by atomic mass is 35.5. The first-order valence-electron chi connectivity index (χ1n) is 6.30. The van der Waals surface area contributed by atoms with Crippen LogP contribution in [0.1, 0.15) is 26.3 Å². The second kappa shape index (κ2) is 8.09. The van der Waals surface area contributed by atoms with Gasteiger partial charge in [0.2, 0.25) is 11.0 Å². The lowest BCUT2D eigenvalue weighted by Crippen LogP contribution is -2.10. The van der Waals surface area contributed by atoms with Crippen LogP contribution >= 0.6 is 11.6 Å². The third-order valence-electron chi connectivity index (χ3n) is 2.20. The summed E-state index contributed by atoms with van der Waals surface area (Å²) in [6.07, 6.45) is 2.37. The van der Waals surface area contributed by atoms with Gasteiger partial charge in [-0.05, 0) is 41.4 Å². The van der Waals surface area contributed by atoms with E-state index in [0.29, 0.717) is 5.56 Å². The minimum absolute atomic E-state index is 0.145. The van der Waals surface area contributed by atoms with Crippen molar-refractivity contribution in [1.82, 2.24) is 0 Å². The molecule has 1 aromatic carbocycles. The molecule has 0 aliphatic heterocycles. The van der Waals surface area contributed by atoms with E-state index in [4.69, 9.17) is 25.8 Å². The van der Waals surface area contributed by atoms with E-state index >= 15 is 0 Å². The maximum Gasteiger partial charge on any atom is 0.308 e. The molecule has 0 heterocycles. The van der Waals surface area contributed by atoms with Gasteiger partial charge in [0.1, 0.15) is 0 Å². The lowest BCUT2D eigenvalue weighted by atomic mass is 10.1. The van der Waals surface area contributed by atoms with E-state index in [1.54, 1.807) is 0 Å². The Morgan fingerprint density at radius 2 is 1.30 bits per heavy atom. The largest absolute Gasteiger partial charge is 0.423 e. The van der Waals surface area contributed by atoms with Gasteiger partial charge in [-0.1, -0.05) is 0 Å². The van der Waals surface area contributed by atoms with Crippen molar-refractivity contribution in [2.75, 3.05) is 0 Å². The lowest BCUT2D eigenvalue weighted by Gasteiger charge is -2.14. The van der Waals surface area contributed by atoms with Gasteiger partial charge >= 0.3 is 17.9 Å². The van der Waals surface area contributed by atoms with E-state index in [1.165, 1.54) is 18.2 Å². The van der Waals surface area contributed by atoms with Gasteiger partial charge in [0.05, 0.1) is 0 Å². The van der Waals surface area contributed by atoms with Crippen LogP contribution in [-0.4, -0.2) is 23.2 Å². The Balaban J connectivity index is 3.48. The molecule has 1 rings (SSSR count). The van der Waals surface area contributed by atoms with Gasteiger partial charge in [-0.3, -0.25) is 19.2 Å². The van der Waals surface area contributed by atoms with Crippen molar-refractivity contribution in [3.8, 4) is 17.2 Å². The molecule has 0 spiro atoms. The Bertz CT molecular complexity index is 654. The second-order valence-electron chi connectivity index (χ2n) is 4.26. The summed E-state index contributed by atoms with van der Waals surface area (Å²) in [5.74, 6) is -2.58. The summed E-state index contributed by atoms with van der Waals surface area (Å²) in [7, 11) is 0. The van der Waals surface area contributed by atoms with Crippen molar-refractivity contribution in [2.45, 2.75) is 20.8 Å². The number of carbonyl (C=O) groups excluding carboxylic acids is 4. The Morgan fingerprint density at radius 1 is 0.870 bits per heavy atom. The summed E-state index contributed by atoms with van der Waals surface area (Å²) in [4.78, 5) is 44.4. The fourth-order valence-electron chi connectivity index (χ4n) is 1.56. The number of hydrogen-bond donors (Lipinski definition) is 0. The van der Waals surface area contributed by atoms with Crippen LogP contribution in [0.3, 0.4) is 0 Å². The lowest BCUT2D eigenvalue weighted by molar-refractivity contribution is -0.135. The molecule has 0 aliphatic rings. The predicted molar refractivity (Wildman–Crippen MR) is 80.3 cm³/mol. The molecular formula is C15H13ClO7. The van der Waals surface area contributed by atoms with Crippen molar-refractivity contribution < 1.29 is 33.4 Å². The van der Waals surface area contributed by atoms with Crippen LogP contribution in [0.25, 0.3) is 6.08 Å². The monoisotopic (exact) mass is 340 g/mol. The summed E-state index contributed by atoms with van der Waals surface area (Å²) >= 11 is 5.21. The average molecular weight is 341 g/mol. The number of allylic oxidation sites excluding steroid dienone is 1. The number of halogens is 1. The smallest absolute Gasteiger partial charge is 0.308 e. The SMILES string of the molecule is CC(=O)Oc1cc(/C=C/C(=O)Cl)cc(OC(C)=O)c1OC(C)=O. The minimum Gasteiger partial charge on any atom is -0.423 e. The molecule has 7 nitrogen and oxygen atoms in total. The van der Waals surface area contributed by atoms with Crippen molar-refractivity contribution in [2.24, 2.45) is 0 Å². The Kier molecular flexibility index (Phi) is 6.47. The van der Waals surface area contributed by atoms with Gasteiger partial charge in [-0.2, -0.15) is 0 Å². The molecule has 23 heavy (non-hydrogen) atoms. The van der Waals surface area contributed by atoms with Crippen LogP contribution in [-0.2, 0) is 19.2 Å². The van der Waals surface area contributed by atoms with E-state index in [9.17, 15) is 19.2 Å². The van der Waals surface area contributed by atoms with Crippen LogP contribution in [0.15, 0.2) is 18.2 Å². The summed E-state index contributed by atoms with van der Waals surface area (Å²) in [5.41, 5.74) is 0.336. The molecule has 1 aromatic rings. The average Bonchev–Trinajstić information content (AvgIpc) is 2.38. The minimum atomic E-state index is -0.725. The molecule has 0 radical (unpaired) electrons. The zero-order valence-corrected chi connectivity index (χ0v) is 13.3. The summed E-state index contributed by atoms with van der Waals surface area (Å²) in [6, 6.07) is 2.64. The van der Waals surface area contributed by atoms with Crippen LogP contribution < -0.4 is 14.2 Å². The second-order valence-corrected chi connectivity index (χ2v) is 4.64. The van der Waals surface area contributed by atoms with Gasteiger partial charge in [-0.15, -0.1) is 0 Å². The van der Waals surface area contributed by atoms with Gasteiger partial charge in [0.25, 0.3) is 0 Å². The van der Waals surface area contributed by atoms with Crippen LogP contribution in [0.2, 0.25) is 0 Å². The molecule has 0 aromatic heterocycles. The fraction of sp³-hybridized carbons (Fsp3) is 0.200. The van der Waals surface area contributed by atoms with Crippen molar-refractivity contribution in [3.05, 3.63) is 23.8 Å². The van der Waals surface area contributed by atoms with E-state index in [1.807, 2.05) is 0 Å². The first kappa shape index (κ1) is 18.4. The number of esters is 3. The van der Waals surface area contributed by atoms with E-state index < -0.39 is 23.2 Å². The molecular weight excluding hydrogens is 328 g/mol. The third-order valence-corrected chi connectivity index (χ3v) is 2.33. The highest BCUT2D eigenvalue weighted by Crippen LogP contribution is 2.39. The molecule has 0 amide bonds. The molecule has 0 aliphatic carbocycles. The van der Waals surface area contributed by atoms with Crippen LogP contribution in [0.5, 0.6) is 17.2 Å². The van der Waals surface area contributed by atoms with Crippen LogP contribution in [0, 0.1) is 0 Å². The Hall–Kier alpha value is -2.67. The van der Waals surface area contributed by atoms with E-state index in [2.05, 4.69) is 0 Å². The Labute approximate surface area is 136 Å². The first-order chi connectivity index (χ1) is 10.7. The number of carbonyl (C=O) groups is 4. The number of hydrogen-bond acceptors (Lipinski definition) is 7. The zero-order valence-electron chi connectivity index (χ0n) is 12.5. The molecule has 0 atom stereocenters. The predicted octanol–water partition coefficient (Wildman–Crippen LogP) is 2.24.